The molecule has 0 bridgehead atoms. The van der Waals surface area contributed by atoms with Gasteiger partial charge in [-0.15, -0.1) is 0 Å². The summed E-state index contributed by atoms with van der Waals surface area (Å²) in [5.74, 6) is -1.30. The van der Waals surface area contributed by atoms with Gasteiger partial charge in [0.15, 0.2) is 0 Å². The van der Waals surface area contributed by atoms with Crippen molar-refractivity contribution in [2.24, 2.45) is 0 Å². The molecular formula is C13H16N2O5. The van der Waals surface area contributed by atoms with Crippen molar-refractivity contribution in [3.8, 4) is 0 Å². The Hall–Kier alpha value is -2.15. The van der Waals surface area contributed by atoms with E-state index in [1.807, 2.05) is 18.7 Å². The highest BCUT2D eigenvalue weighted by atomic mass is 16.6. The van der Waals surface area contributed by atoms with Crippen molar-refractivity contribution in [2.75, 3.05) is 18.0 Å². The number of ether oxygens (including phenoxy) is 1. The summed E-state index contributed by atoms with van der Waals surface area (Å²) in [4.78, 5) is 23.3. The van der Waals surface area contributed by atoms with Crippen molar-refractivity contribution in [1.82, 2.24) is 0 Å². The topological polar surface area (TPSA) is 92.9 Å². The summed E-state index contributed by atoms with van der Waals surface area (Å²) < 4.78 is 5.61. The van der Waals surface area contributed by atoms with Crippen molar-refractivity contribution < 1.29 is 19.6 Å². The van der Waals surface area contributed by atoms with E-state index in [1.54, 1.807) is 6.07 Å². The number of nitro benzene ring substituents is 1. The van der Waals surface area contributed by atoms with Gasteiger partial charge >= 0.3 is 5.97 Å². The number of anilines is 1. The lowest BCUT2D eigenvalue weighted by atomic mass is 10.1. The Kier molecular flexibility index (Phi) is 3.89. The second-order valence-electron chi connectivity index (χ2n) is 4.93. The normalized spacial score (nSPS) is 22.6. The molecule has 1 aromatic rings. The van der Waals surface area contributed by atoms with E-state index >= 15 is 0 Å². The molecule has 0 aliphatic carbocycles. The first-order chi connectivity index (χ1) is 9.38. The third-order valence-electron chi connectivity index (χ3n) is 3.19. The van der Waals surface area contributed by atoms with Crippen LogP contribution in [0.25, 0.3) is 0 Å². The number of carboxylic acid groups (broad SMARTS) is 1. The summed E-state index contributed by atoms with van der Waals surface area (Å²) in [6, 6.07) is 4.17. The van der Waals surface area contributed by atoms with Crippen LogP contribution in [-0.4, -0.2) is 41.3 Å². The van der Waals surface area contributed by atoms with Gasteiger partial charge in [-0.3, -0.25) is 10.1 Å². The van der Waals surface area contributed by atoms with E-state index < -0.39 is 16.6 Å². The van der Waals surface area contributed by atoms with E-state index in [9.17, 15) is 14.9 Å². The highest BCUT2D eigenvalue weighted by molar-refractivity contribution is 5.93. The molecule has 0 unspecified atom stereocenters. The molecule has 0 radical (unpaired) electrons. The molecule has 1 N–H and O–H groups in total. The quantitative estimate of drug-likeness (QED) is 0.671. The van der Waals surface area contributed by atoms with Gasteiger partial charge in [0.1, 0.15) is 5.56 Å². The second kappa shape index (κ2) is 5.46. The van der Waals surface area contributed by atoms with Crippen LogP contribution in [0.3, 0.4) is 0 Å². The fraction of sp³-hybridized carbons (Fsp3) is 0.462. The monoisotopic (exact) mass is 280 g/mol. The van der Waals surface area contributed by atoms with E-state index in [0.29, 0.717) is 18.8 Å². The highest BCUT2D eigenvalue weighted by Gasteiger charge is 2.25. The molecule has 1 aliphatic heterocycles. The molecule has 1 aromatic carbocycles. The zero-order chi connectivity index (χ0) is 14.9. The van der Waals surface area contributed by atoms with E-state index in [-0.39, 0.29) is 17.8 Å². The van der Waals surface area contributed by atoms with E-state index in [1.165, 1.54) is 12.1 Å². The number of hydrogen-bond donors (Lipinski definition) is 1. The summed E-state index contributed by atoms with van der Waals surface area (Å²) in [6.07, 6.45) is 0.0597. The fourth-order valence-corrected chi connectivity index (χ4v) is 2.44. The number of aromatic carboxylic acids is 1. The minimum absolute atomic E-state index is 0.0298. The van der Waals surface area contributed by atoms with Gasteiger partial charge in [-0.1, -0.05) is 0 Å². The molecule has 1 heterocycles. The average molecular weight is 280 g/mol. The van der Waals surface area contributed by atoms with Crippen LogP contribution in [-0.2, 0) is 4.74 Å². The Labute approximate surface area is 115 Å². The summed E-state index contributed by atoms with van der Waals surface area (Å²) in [6.45, 7) is 5.13. The number of rotatable bonds is 3. The Bertz CT molecular complexity index is 536. The zero-order valence-electron chi connectivity index (χ0n) is 11.3. The molecule has 2 atom stereocenters. The van der Waals surface area contributed by atoms with Crippen molar-refractivity contribution in [2.45, 2.75) is 26.1 Å². The second-order valence-corrected chi connectivity index (χ2v) is 4.93. The number of benzene rings is 1. The lowest BCUT2D eigenvalue weighted by Gasteiger charge is -2.36. The van der Waals surface area contributed by atoms with Gasteiger partial charge in [0, 0.05) is 24.8 Å². The van der Waals surface area contributed by atoms with Crippen LogP contribution in [0.4, 0.5) is 11.4 Å². The SMILES string of the molecule is C[C@@H]1CN(c2ccc([N+](=O)[O-])c(C(=O)O)c2)C[C@@H](C)O1. The van der Waals surface area contributed by atoms with Crippen molar-refractivity contribution in [3.05, 3.63) is 33.9 Å². The maximum absolute atomic E-state index is 11.1. The van der Waals surface area contributed by atoms with Gasteiger partial charge < -0.3 is 14.7 Å². The highest BCUT2D eigenvalue weighted by Crippen LogP contribution is 2.27. The fourth-order valence-electron chi connectivity index (χ4n) is 2.44. The van der Waals surface area contributed by atoms with Crippen LogP contribution in [0, 0.1) is 10.1 Å². The number of nitro groups is 1. The van der Waals surface area contributed by atoms with E-state index in [4.69, 9.17) is 9.84 Å². The molecule has 0 spiro atoms. The van der Waals surface area contributed by atoms with Crippen molar-refractivity contribution >= 4 is 17.3 Å². The van der Waals surface area contributed by atoms with Crippen LogP contribution in [0.5, 0.6) is 0 Å². The molecule has 0 amide bonds. The van der Waals surface area contributed by atoms with Gasteiger partial charge in [0.05, 0.1) is 17.1 Å². The third-order valence-corrected chi connectivity index (χ3v) is 3.19. The van der Waals surface area contributed by atoms with Crippen LogP contribution in [0.2, 0.25) is 0 Å². The molecule has 1 aliphatic rings. The summed E-state index contributed by atoms with van der Waals surface area (Å²) in [5.41, 5.74) is -0.0232. The minimum atomic E-state index is -1.30. The van der Waals surface area contributed by atoms with E-state index in [0.717, 1.165) is 0 Å². The molecule has 7 heteroatoms. The zero-order valence-corrected chi connectivity index (χ0v) is 11.3. The van der Waals surface area contributed by atoms with Gasteiger partial charge in [0.2, 0.25) is 0 Å². The lowest BCUT2D eigenvalue weighted by molar-refractivity contribution is -0.385. The van der Waals surface area contributed by atoms with Gasteiger partial charge in [-0.05, 0) is 26.0 Å². The summed E-state index contributed by atoms with van der Waals surface area (Å²) in [7, 11) is 0. The molecule has 1 saturated heterocycles. The summed E-state index contributed by atoms with van der Waals surface area (Å²) in [5, 5.41) is 19.9. The Morgan fingerprint density at radius 3 is 2.50 bits per heavy atom. The van der Waals surface area contributed by atoms with Crippen molar-refractivity contribution in [3.63, 3.8) is 0 Å². The van der Waals surface area contributed by atoms with Crippen LogP contribution >= 0.6 is 0 Å². The first-order valence-corrected chi connectivity index (χ1v) is 6.30. The molecule has 1 fully saturated rings. The molecule has 20 heavy (non-hydrogen) atoms. The van der Waals surface area contributed by atoms with Crippen LogP contribution in [0.15, 0.2) is 18.2 Å². The van der Waals surface area contributed by atoms with Gasteiger partial charge in [-0.2, -0.15) is 0 Å². The molecule has 108 valence electrons. The number of carbonyl (C=O) groups is 1. The van der Waals surface area contributed by atoms with Crippen LogP contribution in [0.1, 0.15) is 24.2 Å². The predicted molar refractivity (Wildman–Crippen MR) is 72.3 cm³/mol. The number of carboxylic acids is 1. The number of nitrogens with zero attached hydrogens (tertiary/aromatic N) is 2. The van der Waals surface area contributed by atoms with Crippen molar-refractivity contribution in [1.29, 1.82) is 0 Å². The standard InChI is InChI=1S/C13H16N2O5/c1-8-6-14(7-9(2)20-8)10-3-4-12(15(18)19)11(5-10)13(16)17/h3-5,8-9H,6-7H2,1-2H3,(H,16,17)/t8-,9-/m1/s1. The number of morpholine rings is 1. The van der Waals surface area contributed by atoms with E-state index in [2.05, 4.69) is 0 Å². The largest absolute Gasteiger partial charge is 0.477 e. The van der Waals surface area contributed by atoms with Gasteiger partial charge in [-0.25, -0.2) is 4.79 Å². The minimum Gasteiger partial charge on any atom is -0.477 e. The van der Waals surface area contributed by atoms with Crippen LogP contribution < -0.4 is 4.90 Å². The molecule has 7 nitrogen and oxygen atoms in total. The molecule has 2 rings (SSSR count). The predicted octanol–water partition coefficient (Wildman–Crippen LogP) is 1.91. The lowest BCUT2D eigenvalue weighted by Crippen LogP contribution is -2.45. The summed E-state index contributed by atoms with van der Waals surface area (Å²) >= 11 is 0. The first kappa shape index (κ1) is 14.3. The molecule has 0 aromatic heterocycles. The average Bonchev–Trinajstić information content (AvgIpc) is 2.36. The maximum atomic E-state index is 11.1. The smallest absolute Gasteiger partial charge is 0.342 e. The first-order valence-electron chi connectivity index (χ1n) is 6.30. The maximum Gasteiger partial charge on any atom is 0.342 e. The Morgan fingerprint density at radius 1 is 1.40 bits per heavy atom. The number of hydrogen-bond acceptors (Lipinski definition) is 5. The Morgan fingerprint density at radius 2 is 2.00 bits per heavy atom. The molecular weight excluding hydrogens is 264 g/mol. The third kappa shape index (κ3) is 2.88. The Balaban J connectivity index is 2.36. The molecule has 0 saturated carbocycles. The van der Waals surface area contributed by atoms with Gasteiger partial charge in [0.25, 0.3) is 5.69 Å².